The van der Waals surface area contributed by atoms with Gasteiger partial charge in [-0.1, -0.05) is 6.42 Å². The minimum atomic E-state index is -0.169. The Morgan fingerprint density at radius 2 is 2.06 bits per heavy atom. The lowest BCUT2D eigenvalue weighted by atomic mass is 9.89. The van der Waals surface area contributed by atoms with E-state index in [1.54, 1.807) is 0 Å². The highest BCUT2D eigenvalue weighted by molar-refractivity contribution is 4.91. The summed E-state index contributed by atoms with van der Waals surface area (Å²) in [5.74, 6) is 0. The van der Waals surface area contributed by atoms with E-state index in [0.29, 0.717) is 6.10 Å². The number of morpholine rings is 1. The molecule has 1 fully saturated rings. The molecule has 3 nitrogen and oxygen atoms in total. The second kappa shape index (κ2) is 6.04. The Balaban J connectivity index is 2.26. The lowest BCUT2D eigenvalue weighted by Crippen LogP contribution is -2.51. The van der Waals surface area contributed by atoms with E-state index in [2.05, 4.69) is 31.7 Å². The first kappa shape index (κ1) is 15.5. The zero-order chi connectivity index (χ0) is 13.8. The third-order valence-electron chi connectivity index (χ3n) is 3.47. The summed E-state index contributed by atoms with van der Waals surface area (Å²) >= 11 is 0. The van der Waals surface area contributed by atoms with Crippen molar-refractivity contribution in [1.82, 2.24) is 4.90 Å². The highest BCUT2D eigenvalue weighted by Crippen LogP contribution is 2.23. The first-order chi connectivity index (χ1) is 8.24. The van der Waals surface area contributed by atoms with Gasteiger partial charge in [-0.25, -0.2) is 0 Å². The van der Waals surface area contributed by atoms with Gasteiger partial charge in [0.2, 0.25) is 0 Å². The molecule has 1 aliphatic heterocycles. The van der Waals surface area contributed by atoms with Gasteiger partial charge in [-0.15, -0.1) is 0 Å². The minimum Gasteiger partial charge on any atom is -0.370 e. The number of hydrogen-bond donors (Lipinski definition) is 0. The zero-order valence-electron chi connectivity index (χ0n) is 12.6. The largest absolute Gasteiger partial charge is 0.370 e. The average Bonchev–Trinajstić information content (AvgIpc) is 2.22. The highest BCUT2D eigenvalue weighted by atomic mass is 16.5. The standard InChI is InChI=1S/C15H28N2O/c1-13-10-17(12-15(4,5)18-13)9-7-6-8-14(2,3)11-16/h13H,6-10,12H2,1-5H3. The van der Waals surface area contributed by atoms with Gasteiger partial charge in [0.05, 0.1) is 23.2 Å². The number of nitrogens with zero attached hydrogens (tertiary/aromatic N) is 2. The molecular formula is C15H28N2O. The maximum absolute atomic E-state index is 8.97. The van der Waals surface area contributed by atoms with Crippen LogP contribution in [0.1, 0.15) is 53.9 Å². The van der Waals surface area contributed by atoms with Crippen LogP contribution in [0.25, 0.3) is 0 Å². The summed E-state index contributed by atoms with van der Waals surface area (Å²) in [4.78, 5) is 2.49. The molecule has 1 heterocycles. The molecule has 3 heteroatoms. The maximum Gasteiger partial charge on any atom is 0.0757 e. The molecule has 0 aliphatic carbocycles. The van der Waals surface area contributed by atoms with Crippen LogP contribution in [0.15, 0.2) is 0 Å². The van der Waals surface area contributed by atoms with E-state index in [4.69, 9.17) is 10.00 Å². The highest BCUT2D eigenvalue weighted by Gasteiger charge is 2.30. The van der Waals surface area contributed by atoms with Crippen molar-refractivity contribution in [2.45, 2.75) is 65.6 Å². The Bertz CT molecular complexity index is 304. The predicted octanol–water partition coefficient (Wildman–Crippen LogP) is 3.21. The third kappa shape index (κ3) is 5.37. The van der Waals surface area contributed by atoms with Crippen LogP contribution in [0.4, 0.5) is 0 Å². The van der Waals surface area contributed by atoms with Gasteiger partial charge in [0.1, 0.15) is 0 Å². The summed E-state index contributed by atoms with van der Waals surface area (Å²) in [7, 11) is 0. The molecule has 0 amide bonds. The molecule has 18 heavy (non-hydrogen) atoms. The van der Waals surface area contributed by atoms with Crippen molar-refractivity contribution in [2.75, 3.05) is 19.6 Å². The van der Waals surface area contributed by atoms with Crippen molar-refractivity contribution in [3.05, 3.63) is 0 Å². The van der Waals surface area contributed by atoms with Crippen LogP contribution in [0, 0.1) is 16.7 Å². The number of rotatable bonds is 5. The molecule has 0 aromatic carbocycles. The smallest absolute Gasteiger partial charge is 0.0757 e. The van der Waals surface area contributed by atoms with Crippen LogP contribution < -0.4 is 0 Å². The Kier molecular flexibility index (Phi) is 5.19. The monoisotopic (exact) mass is 252 g/mol. The first-order valence-corrected chi connectivity index (χ1v) is 7.05. The van der Waals surface area contributed by atoms with Gasteiger partial charge < -0.3 is 4.74 Å². The molecule has 104 valence electrons. The maximum atomic E-state index is 8.97. The van der Waals surface area contributed by atoms with Crippen LogP contribution in [0.5, 0.6) is 0 Å². The molecular weight excluding hydrogens is 224 g/mol. The van der Waals surface area contributed by atoms with Crippen molar-refractivity contribution in [2.24, 2.45) is 5.41 Å². The molecule has 0 N–H and O–H groups in total. The zero-order valence-corrected chi connectivity index (χ0v) is 12.6. The number of nitriles is 1. The normalized spacial score (nSPS) is 24.8. The summed E-state index contributed by atoms with van der Waals surface area (Å²) in [6, 6.07) is 2.37. The fraction of sp³-hybridized carbons (Fsp3) is 0.933. The molecule has 1 atom stereocenters. The van der Waals surface area contributed by atoms with E-state index >= 15 is 0 Å². The Labute approximate surface area is 112 Å². The molecule has 1 rings (SSSR count). The van der Waals surface area contributed by atoms with Crippen molar-refractivity contribution in [3.8, 4) is 6.07 Å². The van der Waals surface area contributed by atoms with Gasteiger partial charge >= 0.3 is 0 Å². The van der Waals surface area contributed by atoms with Crippen LogP contribution in [-0.4, -0.2) is 36.2 Å². The van der Waals surface area contributed by atoms with Crippen LogP contribution in [-0.2, 0) is 4.74 Å². The lowest BCUT2D eigenvalue weighted by molar-refractivity contribution is -0.128. The molecule has 0 bridgehead atoms. The van der Waals surface area contributed by atoms with Crippen LogP contribution >= 0.6 is 0 Å². The summed E-state index contributed by atoms with van der Waals surface area (Å²) in [5, 5.41) is 8.97. The van der Waals surface area contributed by atoms with Gasteiger partial charge in [0.25, 0.3) is 0 Å². The second-order valence-electron chi connectivity index (χ2n) is 6.88. The van der Waals surface area contributed by atoms with Crippen molar-refractivity contribution < 1.29 is 4.74 Å². The van der Waals surface area contributed by atoms with Crippen molar-refractivity contribution in [3.63, 3.8) is 0 Å². The van der Waals surface area contributed by atoms with Crippen LogP contribution in [0.2, 0.25) is 0 Å². The Morgan fingerprint density at radius 3 is 2.61 bits per heavy atom. The second-order valence-corrected chi connectivity index (χ2v) is 6.88. The summed E-state index contributed by atoms with van der Waals surface area (Å²) < 4.78 is 5.90. The first-order valence-electron chi connectivity index (χ1n) is 7.05. The van der Waals surface area contributed by atoms with Gasteiger partial charge in [-0.2, -0.15) is 5.26 Å². The van der Waals surface area contributed by atoms with Gasteiger partial charge in [0, 0.05) is 13.1 Å². The fourth-order valence-electron chi connectivity index (χ4n) is 2.71. The summed E-state index contributed by atoms with van der Waals surface area (Å²) in [6.07, 6.45) is 3.62. The SMILES string of the molecule is CC1CN(CCCCC(C)(C)C#N)CC(C)(C)O1. The Hall–Kier alpha value is -0.590. The average molecular weight is 252 g/mol. The number of unbranched alkanes of at least 4 members (excludes halogenated alkanes) is 1. The fourth-order valence-corrected chi connectivity index (χ4v) is 2.71. The summed E-state index contributed by atoms with van der Waals surface area (Å²) in [6.45, 7) is 13.7. The number of hydrogen-bond acceptors (Lipinski definition) is 3. The molecule has 1 saturated heterocycles. The van der Waals surface area contributed by atoms with Gasteiger partial charge in [-0.3, -0.25) is 4.90 Å². The van der Waals surface area contributed by atoms with Gasteiger partial charge in [-0.05, 0) is 54.0 Å². The molecule has 1 unspecified atom stereocenters. The van der Waals surface area contributed by atoms with E-state index < -0.39 is 0 Å². The minimum absolute atomic E-state index is 0.0242. The van der Waals surface area contributed by atoms with E-state index in [-0.39, 0.29) is 11.0 Å². The quantitative estimate of drug-likeness (QED) is 0.705. The molecule has 0 saturated carbocycles. The van der Waals surface area contributed by atoms with Crippen molar-refractivity contribution >= 4 is 0 Å². The van der Waals surface area contributed by atoms with E-state index in [1.807, 2.05) is 13.8 Å². The lowest BCUT2D eigenvalue weighted by Gasteiger charge is -2.41. The predicted molar refractivity (Wildman–Crippen MR) is 74.3 cm³/mol. The molecule has 1 aliphatic rings. The Morgan fingerprint density at radius 1 is 1.39 bits per heavy atom. The number of ether oxygens (including phenoxy) is 1. The van der Waals surface area contributed by atoms with Crippen molar-refractivity contribution in [1.29, 1.82) is 5.26 Å². The van der Waals surface area contributed by atoms with E-state index in [9.17, 15) is 0 Å². The van der Waals surface area contributed by atoms with Gasteiger partial charge in [0.15, 0.2) is 0 Å². The topological polar surface area (TPSA) is 36.3 Å². The molecule has 0 aromatic rings. The summed E-state index contributed by atoms with van der Waals surface area (Å²) in [5.41, 5.74) is -0.193. The van der Waals surface area contributed by atoms with Crippen LogP contribution in [0.3, 0.4) is 0 Å². The van der Waals surface area contributed by atoms with E-state index in [0.717, 1.165) is 32.5 Å². The van der Waals surface area contributed by atoms with E-state index in [1.165, 1.54) is 6.42 Å². The molecule has 0 radical (unpaired) electrons. The molecule has 0 spiro atoms. The third-order valence-corrected chi connectivity index (χ3v) is 3.47. The molecule has 0 aromatic heterocycles.